The van der Waals surface area contributed by atoms with Gasteiger partial charge < -0.3 is 14.2 Å². The third kappa shape index (κ3) is 8.41. The van der Waals surface area contributed by atoms with Gasteiger partial charge in [0.05, 0.1) is 12.8 Å². The first-order chi connectivity index (χ1) is 10.6. The van der Waals surface area contributed by atoms with E-state index in [2.05, 4.69) is 16.2 Å². The molecule has 0 bridgehead atoms. The van der Waals surface area contributed by atoms with Crippen molar-refractivity contribution in [1.82, 2.24) is 4.90 Å². The Morgan fingerprint density at radius 1 is 0.909 bits per heavy atom. The molecule has 124 valence electrons. The fraction of sp³-hybridized carbons (Fsp3) is 0.667. The Hall–Kier alpha value is -1.89. The van der Waals surface area contributed by atoms with E-state index in [9.17, 15) is 14.4 Å². The van der Waals surface area contributed by atoms with Gasteiger partial charge in [-0.15, -0.1) is 0 Å². The summed E-state index contributed by atoms with van der Waals surface area (Å²) in [5, 5.41) is 0. The van der Waals surface area contributed by atoms with Crippen molar-refractivity contribution in [3.8, 4) is 0 Å². The molecule has 0 saturated carbocycles. The average molecular weight is 313 g/mol. The Kier molecular flexibility index (Phi) is 8.90. The normalized spacial score (nSPS) is 14.4. The van der Waals surface area contributed by atoms with Crippen LogP contribution < -0.4 is 0 Å². The number of rotatable bonds is 10. The van der Waals surface area contributed by atoms with E-state index in [0.29, 0.717) is 6.61 Å². The highest BCUT2D eigenvalue weighted by molar-refractivity contribution is 5.81. The maximum Gasteiger partial charge on any atom is 0.330 e. The van der Waals surface area contributed by atoms with Crippen molar-refractivity contribution in [2.75, 3.05) is 39.5 Å². The highest BCUT2D eigenvalue weighted by Gasteiger charge is 2.13. The van der Waals surface area contributed by atoms with Crippen LogP contribution in [0.2, 0.25) is 0 Å². The van der Waals surface area contributed by atoms with E-state index in [1.165, 1.54) is 12.8 Å². The van der Waals surface area contributed by atoms with Gasteiger partial charge in [-0.3, -0.25) is 14.5 Å². The number of likely N-dealkylation sites (tertiary alicyclic amines) is 1. The largest absolute Gasteiger partial charge is 0.464 e. The van der Waals surface area contributed by atoms with Crippen LogP contribution in [-0.4, -0.2) is 62.3 Å². The van der Waals surface area contributed by atoms with Gasteiger partial charge in [-0.05, 0) is 25.9 Å². The summed E-state index contributed by atoms with van der Waals surface area (Å²) in [5.41, 5.74) is 0. The molecule has 0 aromatic heterocycles. The van der Waals surface area contributed by atoms with Crippen molar-refractivity contribution >= 4 is 17.9 Å². The highest BCUT2D eigenvalue weighted by Crippen LogP contribution is 2.06. The van der Waals surface area contributed by atoms with Gasteiger partial charge in [0.15, 0.2) is 0 Å². The van der Waals surface area contributed by atoms with Crippen molar-refractivity contribution < 1.29 is 28.6 Å². The van der Waals surface area contributed by atoms with Crippen LogP contribution in [0.25, 0.3) is 0 Å². The van der Waals surface area contributed by atoms with E-state index in [0.717, 1.165) is 25.7 Å². The molecule has 0 amide bonds. The Morgan fingerprint density at radius 2 is 1.45 bits per heavy atom. The summed E-state index contributed by atoms with van der Waals surface area (Å²) in [5.74, 6) is -1.50. The monoisotopic (exact) mass is 313 g/mol. The third-order valence-corrected chi connectivity index (χ3v) is 3.16. The number of carbonyl (C=O) groups excluding carboxylic acids is 3. The topological polar surface area (TPSA) is 82.1 Å². The molecule has 0 atom stereocenters. The van der Waals surface area contributed by atoms with Gasteiger partial charge in [-0.2, -0.15) is 0 Å². The van der Waals surface area contributed by atoms with Crippen LogP contribution in [0, 0.1) is 0 Å². The van der Waals surface area contributed by atoms with Crippen LogP contribution in [0.1, 0.15) is 25.7 Å². The molecular formula is C15H23NO6. The first kappa shape index (κ1) is 18.2. The summed E-state index contributed by atoms with van der Waals surface area (Å²) in [6.45, 7) is 6.37. The van der Waals surface area contributed by atoms with Gasteiger partial charge in [-0.25, -0.2) is 4.79 Å². The highest BCUT2D eigenvalue weighted by atomic mass is 16.6. The van der Waals surface area contributed by atoms with Gasteiger partial charge in [0.25, 0.3) is 0 Å². The lowest BCUT2D eigenvalue weighted by molar-refractivity contribution is -0.152. The van der Waals surface area contributed by atoms with E-state index in [4.69, 9.17) is 9.47 Å². The Morgan fingerprint density at radius 3 is 2.05 bits per heavy atom. The molecule has 0 aliphatic carbocycles. The van der Waals surface area contributed by atoms with Crippen molar-refractivity contribution in [3.63, 3.8) is 0 Å². The van der Waals surface area contributed by atoms with Gasteiger partial charge in [0.1, 0.15) is 19.8 Å². The van der Waals surface area contributed by atoms with E-state index in [-0.39, 0.29) is 26.1 Å². The standard InChI is InChI=1S/C15H23NO6/c1-2-13(17)21-11-12-22-15(19)6-5-14(18)20-10-9-16-7-3-4-8-16/h2H,1,3-12H2. The molecule has 1 fully saturated rings. The van der Waals surface area contributed by atoms with E-state index < -0.39 is 17.9 Å². The predicted molar refractivity (Wildman–Crippen MR) is 78.0 cm³/mol. The van der Waals surface area contributed by atoms with Crippen LogP contribution >= 0.6 is 0 Å². The number of hydrogen-bond donors (Lipinski definition) is 0. The molecule has 1 aliphatic heterocycles. The zero-order valence-corrected chi connectivity index (χ0v) is 12.8. The number of hydrogen-bond acceptors (Lipinski definition) is 7. The van der Waals surface area contributed by atoms with Gasteiger partial charge >= 0.3 is 17.9 Å². The number of nitrogens with zero attached hydrogens (tertiary/aromatic N) is 1. The summed E-state index contributed by atoms with van der Waals surface area (Å²) in [4.78, 5) is 35.8. The minimum Gasteiger partial charge on any atom is -0.464 e. The SMILES string of the molecule is C=CC(=O)OCCOC(=O)CCC(=O)OCCN1CCCC1. The molecule has 1 rings (SSSR count). The molecule has 0 aromatic rings. The Balaban J connectivity index is 1.96. The third-order valence-electron chi connectivity index (χ3n) is 3.16. The second-order valence-electron chi connectivity index (χ2n) is 4.86. The number of carbonyl (C=O) groups is 3. The van der Waals surface area contributed by atoms with Crippen molar-refractivity contribution in [3.05, 3.63) is 12.7 Å². The van der Waals surface area contributed by atoms with E-state index in [1.807, 2.05) is 0 Å². The molecule has 1 saturated heterocycles. The van der Waals surface area contributed by atoms with Crippen LogP contribution in [0.4, 0.5) is 0 Å². The molecular weight excluding hydrogens is 290 g/mol. The van der Waals surface area contributed by atoms with Crippen LogP contribution in [0.5, 0.6) is 0 Å². The van der Waals surface area contributed by atoms with Gasteiger partial charge in [-0.1, -0.05) is 6.58 Å². The molecule has 0 N–H and O–H groups in total. The van der Waals surface area contributed by atoms with Crippen molar-refractivity contribution in [1.29, 1.82) is 0 Å². The van der Waals surface area contributed by atoms with Crippen LogP contribution in [-0.2, 0) is 28.6 Å². The first-order valence-electron chi connectivity index (χ1n) is 7.44. The molecule has 0 aromatic carbocycles. The van der Waals surface area contributed by atoms with E-state index in [1.54, 1.807) is 0 Å². The molecule has 7 heteroatoms. The van der Waals surface area contributed by atoms with Crippen LogP contribution in [0.15, 0.2) is 12.7 Å². The lowest BCUT2D eigenvalue weighted by atomic mass is 10.3. The molecule has 0 unspecified atom stereocenters. The first-order valence-corrected chi connectivity index (χ1v) is 7.44. The molecule has 0 radical (unpaired) electrons. The summed E-state index contributed by atoms with van der Waals surface area (Å²) in [7, 11) is 0. The lowest BCUT2D eigenvalue weighted by Crippen LogP contribution is -2.25. The maximum atomic E-state index is 11.5. The van der Waals surface area contributed by atoms with Crippen molar-refractivity contribution in [2.45, 2.75) is 25.7 Å². The minimum absolute atomic E-state index is 0.00865. The van der Waals surface area contributed by atoms with Gasteiger partial charge in [0.2, 0.25) is 0 Å². The zero-order valence-electron chi connectivity index (χ0n) is 12.8. The quantitative estimate of drug-likeness (QED) is 0.254. The average Bonchev–Trinajstić information content (AvgIpc) is 3.02. The molecule has 7 nitrogen and oxygen atoms in total. The predicted octanol–water partition coefficient (Wildman–Crippen LogP) is 0.678. The Labute approximate surface area is 130 Å². The fourth-order valence-electron chi connectivity index (χ4n) is 2.00. The molecule has 1 heterocycles. The Bertz CT molecular complexity index is 389. The number of esters is 3. The molecule has 0 spiro atoms. The molecule has 22 heavy (non-hydrogen) atoms. The second-order valence-corrected chi connectivity index (χ2v) is 4.86. The zero-order chi connectivity index (χ0) is 16.2. The second kappa shape index (κ2) is 10.8. The fourth-order valence-corrected chi connectivity index (χ4v) is 2.00. The van der Waals surface area contributed by atoms with E-state index >= 15 is 0 Å². The number of ether oxygens (including phenoxy) is 3. The van der Waals surface area contributed by atoms with Crippen molar-refractivity contribution in [2.24, 2.45) is 0 Å². The summed E-state index contributed by atoms with van der Waals surface area (Å²) in [6, 6.07) is 0. The molecule has 1 aliphatic rings. The summed E-state index contributed by atoms with van der Waals surface area (Å²) >= 11 is 0. The minimum atomic E-state index is -0.572. The maximum absolute atomic E-state index is 11.5. The smallest absolute Gasteiger partial charge is 0.330 e. The lowest BCUT2D eigenvalue weighted by Gasteiger charge is -2.14. The van der Waals surface area contributed by atoms with Crippen LogP contribution in [0.3, 0.4) is 0 Å². The summed E-state index contributed by atoms with van der Waals surface area (Å²) < 4.78 is 14.5. The van der Waals surface area contributed by atoms with Gasteiger partial charge in [0, 0.05) is 12.6 Å². The summed E-state index contributed by atoms with van der Waals surface area (Å²) in [6.07, 6.45) is 3.37.